The molecule has 1 aromatic rings. The van der Waals surface area contributed by atoms with Crippen LogP contribution in [0.15, 0.2) is 6.07 Å². The molecule has 6 heteroatoms. The zero-order valence-electron chi connectivity index (χ0n) is 9.81. The molecule has 1 aliphatic carbocycles. The predicted molar refractivity (Wildman–Crippen MR) is 66.9 cm³/mol. The third kappa shape index (κ3) is 2.88. The van der Waals surface area contributed by atoms with Crippen LogP contribution in [0.1, 0.15) is 33.0 Å². The fourth-order valence-electron chi connectivity index (χ4n) is 1.97. The van der Waals surface area contributed by atoms with E-state index in [1.165, 1.54) is 21.8 Å². The van der Waals surface area contributed by atoms with Gasteiger partial charge in [0.1, 0.15) is 0 Å². The van der Waals surface area contributed by atoms with Crippen LogP contribution >= 0.6 is 11.3 Å². The number of carboxylic acids is 1. The predicted octanol–water partition coefficient (Wildman–Crippen LogP) is 0.802. The van der Waals surface area contributed by atoms with Gasteiger partial charge in [0.15, 0.2) is 6.10 Å². The summed E-state index contributed by atoms with van der Waals surface area (Å²) in [4.78, 5) is 24.0. The Labute approximate surface area is 108 Å². The minimum absolute atomic E-state index is 0.267. The molecule has 1 amide bonds. The Hall–Kier alpha value is -1.40. The van der Waals surface area contributed by atoms with Crippen molar-refractivity contribution in [2.75, 3.05) is 6.54 Å². The van der Waals surface area contributed by atoms with E-state index in [1.807, 2.05) is 6.07 Å². The number of aliphatic carboxylic acids is 1. The van der Waals surface area contributed by atoms with Crippen LogP contribution in [0.2, 0.25) is 0 Å². The molecule has 5 nitrogen and oxygen atoms in total. The number of rotatable bonds is 4. The lowest BCUT2D eigenvalue weighted by atomic mass is 9.99. The van der Waals surface area contributed by atoms with E-state index in [0.29, 0.717) is 4.88 Å². The molecular formula is C12H15NO4S. The first-order valence-electron chi connectivity index (χ1n) is 5.88. The van der Waals surface area contributed by atoms with E-state index >= 15 is 0 Å². The summed E-state index contributed by atoms with van der Waals surface area (Å²) in [6.45, 7) is -0.267. The van der Waals surface area contributed by atoms with E-state index in [1.54, 1.807) is 0 Å². The monoisotopic (exact) mass is 269 g/mol. The molecule has 0 unspecified atom stereocenters. The third-order valence-electron chi connectivity index (χ3n) is 2.96. The molecule has 0 fully saturated rings. The molecule has 1 atom stereocenters. The van der Waals surface area contributed by atoms with Crippen LogP contribution in [0.4, 0.5) is 0 Å². The topological polar surface area (TPSA) is 86.6 Å². The van der Waals surface area contributed by atoms with Gasteiger partial charge in [-0.15, -0.1) is 11.3 Å². The number of aliphatic hydroxyl groups is 1. The Kier molecular flexibility index (Phi) is 3.98. The molecule has 3 N–H and O–H groups in total. The number of carbonyl (C=O) groups is 2. The zero-order chi connectivity index (χ0) is 13.1. The molecule has 0 saturated carbocycles. The van der Waals surface area contributed by atoms with Crippen molar-refractivity contribution >= 4 is 23.2 Å². The SMILES string of the molecule is O=C(NC[C@H](O)C(=O)O)c1cc2c(s1)CCCC2. The Morgan fingerprint density at radius 1 is 1.39 bits per heavy atom. The van der Waals surface area contributed by atoms with Crippen molar-refractivity contribution in [2.45, 2.75) is 31.8 Å². The van der Waals surface area contributed by atoms with Crippen LogP contribution in [-0.2, 0) is 17.6 Å². The maximum absolute atomic E-state index is 11.8. The summed E-state index contributed by atoms with van der Waals surface area (Å²) in [5, 5.41) is 20.0. The average molecular weight is 269 g/mol. The number of hydrogen-bond acceptors (Lipinski definition) is 4. The van der Waals surface area contributed by atoms with Crippen molar-refractivity contribution in [1.29, 1.82) is 0 Å². The van der Waals surface area contributed by atoms with Gasteiger partial charge in [-0.25, -0.2) is 4.79 Å². The maximum Gasteiger partial charge on any atom is 0.334 e. The highest BCUT2D eigenvalue weighted by molar-refractivity contribution is 7.14. The van der Waals surface area contributed by atoms with Gasteiger partial charge in [-0.1, -0.05) is 0 Å². The summed E-state index contributed by atoms with van der Waals surface area (Å²) >= 11 is 1.46. The van der Waals surface area contributed by atoms with E-state index in [0.717, 1.165) is 25.7 Å². The second kappa shape index (κ2) is 5.49. The van der Waals surface area contributed by atoms with Gasteiger partial charge < -0.3 is 15.5 Å². The first-order valence-corrected chi connectivity index (χ1v) is 6.70. The Morgan fingerprint density at radius 3 is 2.78 bits per heavy atom. The summed E-state index contributed by atoms with van der Waals surface area (Å²) < 4.78 is 0. The smallest absolute Gasteiger partial charge is 0.334 e. The van der Waals surface area contributed by atoms with Gasteiger partial charge in [-0.05, 0) is 37.3 Å². The molecule has 98 valence electrons. The van der Waals surface area contributed by atoms with E-state index in [2.05, 4.69) is 5.32 Å². The fraction of sp³-hybridized carbons (Fsp3) is 0.500. The summed E-state index contributed by atoms with van der Waals surface area (Å²) in [5.41, 5.74) is 1.23. The number of amides is 1. The Bertz CT molecular complexity index is 445. The highest BCUT2D eigenvalue weighted by Gasteiger charge is 2.19. The van der Waals surface area contributed by atoms with Crippen LogP contribution in [0.25, 0.3) is 0 Å². The van der Waals surface area contributed by atoms with Crippen LogP contribution < -0.4 is 5.32 Å². The van der Waals surface area contributed by atoms with E-state index in [-0.39, 0.29) is 12.5 Å². The molecule has 0 spiro atoms. The molecule has 2 rings (SSSR count). The first-order chi connectivity index (χ1) is 8.58. The minimum atomic E-state index is -1.55. The number of nitrogens with one attached hydrogen (secondary N) is 1. The average Bonchev–Trinajstić information content (AvgIpc) is 2.79. The first kappa shape index (κ1) is 13.0. The third-order valence-corrected chi connectivity index (χ3v) is 4.20. The molecule has 0 saturated heterocycles. The van der Waals surface area contributed by atoms with Gasteiger partial charge in [0.25, 0.3) is 5.91 Å². The lowest BCUT2D eigenvalue weighted by molar-refractivity contribution is -0.146. The number of aliphatic hydroxyl groups excluding tert-OH is 1. The van der Waals surface area contributed by atoms with Crippen molar-refractivity contribution in [3.8, 4) is 0 Å². The standard InChI is InChI=1S/C12H15NO4S/c14-8(12(16)17)6-13-11(15)10-5-7-3-1-2-4-9(7)18-10/h5,8,14H,1-4,6H2,(H,13,15)(H,16,17)/t8-/m0/s1. The van der Waals surface area contributed by atoms with Gasteiger partial charge in [-0.3, -0.25) is 4.79 Å². The van der Waals surface area contributed by atoms with Crippen LogP contribution in [0, 0.1) is 0 Å². The van der Waals surface area contributed by atoms with Gasteiger partial charge in [0.05, 0.1) is 11.4 Å². The molecule has 1 aromatic heterocycles. The highest BCUT2D eigenvalue weighted by Crippen LogP contribution is 2.29. The van der Waals surface area contributed by atoms with Gasteiger partial charge in [-0.2, -0.15) is 0 Å². The van der Waals surface area contributed by atoms with Gasteiger partial charge in [0, 0.05) is 4.88 Å². The van der Waals surface area contributed by atoms with Crippen molar-refractivity contribution in [2.24, 2.45) is 0 Å². The minimum Gasteiger partial charge on any atom is -0.479 e. The number of thiophene rings is 1. The lowest BCUT2D eigenvalue weighted by Crippen LogP contribution is -2.36. The fourth-order valence-corrected chi connectivity index (χ4v) is 3.14. The van der Waals surface area contributed by atoms with Crippen molar-refractivity contribution < 1.29 is 19.8 Å². The van der Waals surface area contributed by atoms with Crippen LogP contribution in [0.3, 0.4) is 0 Å². The summed E-state index contributed by atoms with van der Waals surface area (Å²) in [6.07, 6.45) is 2.79. The van der Waals surface area contributed by atoms with Crippen molar-refractivity contribution in [1.82, 2.24) is 5.32 Å². The second-order valence-corrected chi connectivity index (χ2v) is 5.47. The number of aryl methyl sites for hydroxylation is 2. The molecule has 1 aliphatic rings. The number of carboxylic acid groups (broad SMARTS) is 1. The zero-order valence-corrected chi connectivity index (χ0v) is 10.6. The van der Waals surface area contributed by atoms with E-state index < -0.39 is 12.1 Å². The molecule has 1 heterocycles. The summed E-state index contributed by atoms with van der Waals surface area (Å²) in [6, 6.07) is 1.88. The second-order valence-electron chi connectivity index (χ2n) is 4.33. The molecule has 0 aliphatic heterocycles. The molecule has 0 radical (unpaired) electrons. The molecular weight excluding hydrogens is 254 g/mol. The van der Waals surface area contributed by atoms with Crippen LogP contribution in [0.5, 0.6) is 0 Å². The van der Waals surface area contributed by atoms with Crippen LogP contribution in [-0.4, -0.2) is 34.7 Å². The quantitative estimate of drug-likeness (QED) is 0.754. The van der Waals surface area contributed by atoms with Crippen molar-refractivity contribution in [3.63, 3.8) is 0 Å². The number of fused-ring (bicyclic) bond motifs is 1. The number of carbonyl (C=O) groups excluding carboxylic acids is 1. The van der Waals surface area contributed by atoms with Gasteiger partial charge in [0.2, 0.25) is 0 Å². The Morgan fingerprint density at radius 2 is 2.11 bits per heavy atom. The maximum atomic E-state index is 11.8. The molecule has 18 heavy (non-hydrogen) atoms. The largest absolute Gasteiger partial charge is 0.479 e. The summed E-state index contributed by atoms with van der Waals surface area (Å²) in [5.74, 6) is -1.64. The Balaban J connectivity index is 1.97. The lowest BCUT2D eigenvalue weighted by Gasteiger charge is -2.08. The molecule has 0 bridgehead atoms. The highest BCUT2D eigenvalue weighted by atomic mass is 32.1. The van der Waals surface area contributed by atoms with E-state index in [9.17, 15) is 9.59 Å². The number of hydrogen-bond donors (Lipinski definition) is 3. The normalized spacial score (nSPS) is 15.8. The summed E-state index contributed by atoms with van der Waals surface area (Å²) in [7, 11) is 0. The molecule has 0 aromatic carbocycles. The van der Waals surface area contributed by atoms with Crippen molar-refractivity contribution in [3.05, 3.63) is 21.4 Å². The van der Waals surface area contributed by atoms with E-state index in [4.69, 9.17) is 10.2 Å². The van der Waals surface area contributed by atoms with Gasteiger partial charge >= 0.3 is 5.97 Å².